The molecule has 6 nitrogen and oxygen atoms in total. The molecular formula is C9H18N4O2S2. The minimum absolute atomic E-state index is 0.0380. The van der Waals surface area contributed by atoms with Gasteiger partial charge in [-0.25, -0.2) is 8.42 Å². The molecule has 8 heteroatoms. The second-order valence-corrected chi connectivity index (χ2v) is 6.75. The van der Waals surface area contributed by atoms with Crippen molar-refractivity contribution < 1.29 is 8.42 Å². The van der Waals surface area contributed by atoms with E-state index in [9.17, 15) is 8.42 Å². The average Bonchev–Trinajstić information content (AvgIpc) is 2.71. The molecule has 0 saturated carbocycles. The number of nitrogens with two attached hydrogens (primary N) is 1. The van der Waals surface area contributed by atoms with Crippen LogP contribution in [0.3, 0.4) is 0 Å². The molecule has 0 amide bonds. The van der Waals surface area contributed by atoms with Crippen molar-refractivity contribution in [2.75, 3.05) is 24.8 Å². The topological polar surface area (TPSA) is 92.1 Å². The number of thioether (sulfide) groups is 1. The molecule has 0 aliphatic heterocycles. The summed E-state index contributed by atoms with van der Waals surface area (Å²) in [5, 5.41) is 6.06. The standard InChI is InChI=1S/C9H18N4O2S2/c1-7(4-5-16-3)13(2)17(14,15)8-6-11-12-9(8)10/h6-7H,4-5H2,1-3H3,(H3,10,11,12). The maximum atomic E-state index is 12.2. The third kappa shape index (κ3) is 3.14. The molecule has 0 aliphatic carbocycles. The number of anilines is 1. The molecule has 0 bridgehead atoms. The molecule has 17 heavy (non-hydrogen) atoms. The van der Waals surface area contributed by atoms with Crippen LogP contribution < -0.4 is 5.73 Å². The summed E-state index contributed by atoms with van der Waals surface area (Å²) in [6.45, 7) is 1.88. The van der Waals surface area contributed by atoms with Crippen molar-refractivity contribution >= 4 is 27.6 Å². The Balaban J connectivity index is 2.88. The van der Waals surface area contributed by atoms with Gasteiger partial charge < -0.3 is 5.73 Å². The Morgan fingerprint density at radius 3 is 2.76 bits per heavy atom. The van der Waals surface area contributed by atoms with Crippen LogP contribution >= 0.6 is 11.8 Å². The number of nitrogens with zero attached hydrogens (tertiary/aromatic N) is 2. The molecule has 98 valence electrons. The zero-order chi connectivity index (χ0) is 13.1. The van der Waals surface area contributed by atoms with Crippen molar-refractivity contribution in [2.45, 2.75) is 24.3 Å². The highest BCUT2D eigenvalue weighted by atomic mass is 32.2. The summed E-state index contributed by atoms with van der Waals surface area (Å²) >= 11 is 1.69. The molecule has 0 spiro atoms. The van der Waals surface area contributed by atoms with E-state index in [0.29, 0.717) is 0 Å². The zero-order valence-electron chi connectivity index (χ0n) is 10.2. The van der Waals surface area contributed by atoms with Gasteiger partial charge in [0.25, 0.3) is 0 Å². The number of hydrogen-bond acceptors (Lipinski definition) is 5. The Kier molecular flexibility index (Phi) is 4.84. The lowest BCUT2D eigenvalue weighted by Gasteiger charge is -2.23. The van der Waals surface area contributed by atoms with Crippen molar-refractivity contribution in [2.24, 2.45) is 0 Å². The highest BCUT2D eigenvalue weighted by molar-refractivity contribution is 7.98. The van der Waals surface area contributed by atoms with Gasteiger partial charge in [-0.2, -0.15) is 21.2 Å². The van der Waals surface area contributed by atoms with Gasteiger partial charge in [0.1, 0.15) is 10.7 Å². The quantitative estimate of drug-likeness (QED) is 0.801. The Labute approximate surface area is 106 Å². The first-order valence-electron chi connectivity index (χ1n) is 5.17. The molecule has 1 aromatic rings. The van der Waals surface area contributed by atoms with E-state index in [1.165, 1.54) is 10.5 Å². The van der Waals surface area contributed by atoms with E-state index >= 15 is 0 Å². The molecule has 1 rings (SSSR count). The second-order valence-electron chi connectivity index (χ2n) is 3.80. The second kappa shape index (κ2) is 5.74. The Morgan fingerprint density at radius 2 is 2.29 bits per heavy atom. The minimum atomic E-state index is -3.55. The maximum Gasteiger partial charge on any atom is 0.248 e. The fourth-order valence-electron chi connectivity index (χ4n) is 1.35. The van der Waals surface area contributed by atoms with Crippen LogP contribution in [0.15, 0.2) is 11.1 Å². The van der Waals surface area contributed by atoms with Gasteiger partial charge in [0.15, 0.2) is 0 Å². The number of rotatable bonds is 6. The number of aromatic amines is 1. The lowest BCUT2D eigenvalue weighted by Crippen LogP contribution is -2.35. The maximum absolute atomic E-state index is 12.2. The molecule has 1 aromatic heterocycles. The molecule has 0 aromatic carbocycles. The van der Waals surface area contributed by atoms with Gasteiger partial charge in [-0.15, -0.1) is 0 Å². The minimum Gasteiger partial charge on any atom is -0.383 e. The highest BCUT2D eigenvalue weighted by Gasteiger charge is 2.28. The average molecular weight is 278 g/mol. The lowest BCUT2D eigenvalue weighted by atomic mass is 10.3. The van der Waals surface area contributed by atoms with E-state index in [0.717, 1.165) is 12.2 Å². The number of aromatic nitrogens is 2. The summed E-state index contributed by atoms with van der Waals surface area (Å²) in [5.74, 6) is 0.996. The van der Waals surface area contributed by atoms with E-state index in [2.05, 4.69) is 10.2 Å². The number of nitrogens with one attached hydrogen (secondary N) is 1. The Morgan fingerprint density at radius 1 is 1.65 bits per heavy atom. The third-order valence-corrected chi connectivity index (χ3v) is 5.29. The largest absolute Gasteiger partial charge is 0.383 e. The van der Waals surface area contributed by atoms with Crippen molar-refractivity contribution in [1.29, 1.82) is 0 Å². The van der Waals surface area contributed by atoms with E-state index < -0.39 is 10.0 Å². The van der Waals surface area contributed by atoms with Crippen molar-refractivity contribution in [3.05, 3.63) is 6.20 Å². The van der Waals surface area contributed by atoms with E-state index in [4.69, 9.17) is 5.73 Å². The number of hydrogen-bond donors (Lipinski definition) is 2. The molecular weight excluding hydrogens is 260 g/mol. The number of sulfonamides is 1. The number of nitrogen functional groups attached to an aromatic ring is 1. The molecule has 0 aliphatic rings. The Hall–Kier alpha value is -0.730. The van der Waals surface area contributed by atoms with Crippen molar-refractivity contribution in [3.8, 4) is 0 Å². The van der Waals surface area contributed by atoms with Gasteiger partial charge in [0, 0.05) is 13.1 Å². The van der Waals surface area contributed by atoms with Crippen LogP contribution in [0.4, 0.5) is 5.82 Å². The van der Waals surface area contributed by atoms with E-state index in [-0.39, 0.29) is 16.8 Å². The summed E-state index contributed by atoms with van der Waals surface area (Å²) in [5.41, 5.74) is 5.54. The van der Waals surface area contributed by atoms with Gasteiger partial charge in [-0.1, -0.05) is 0 Å². The van der Waals surface area contributed by atoms with Gasteiger partial charge in [0.05, 0.1) is 6.20 Å². The lowest BCUT2D eigenvalue weighted by molar-refractivity contribution is 0.382. The molecule has 0 fully saturated rings. The molecule has 0 saturated heterocycles. The SMILES string of the molecule is CSCCC(C)N(C)S(=O)(=O)c1cn[nH]c1N. The van der Waals surface area contributed by atoms with Gasteiger partial charge in [-0.05, 0) is 25.4 Å². The normalized spacial score (nSPS) is 14.1. The summed E-state index contributed by atoms with van der Waals surface area (Å²) in [4.78, 5) is 0.0380. The first-order chi connectivity index (χ1) is 7.91. The summed E-state index contributed by atoms with van der Waals surface area (Å²) in [6.07, 6.45) is 4.03. The van der Waals surface area contributed by atoms with Gasteiger partial charge in [-0.3, -0.25) is 5.10 Å². The molecule has 1 atom stereocenters. The fraction of sp³-hybridized carbons (Fsp3) is 0.667. The summed E-state index contributed by atoms with van der Waals surface area (Å²) in [6, 6.07) is -0.0678. The summed E-state index contributed by atoms with van der Waals surface area (Å²) in [7, 11) is -1.99. The smallest absolute Gasteiger partial charge is 0.248 e. The van der Waals surface area contributed by atoms with Crippen LogP contribution in [-0.2, 0) is 10.0 Å². The number of H-pyrrole nitrogens is 1. The Bertz CT molecular complexity index is 457. The summed E-state index contributed by atoms with van der Waals surface area (Å²) < 4.78 is 25.7. The molecule has 0 radical (unpaired) electrons. The van der Waals surface area contributed by atoms with Gasteiger partial charge in [0.2, 0.25) is 10.0 Å². The molecule has 1 unspecified atom stereocenters. The monoisotopic (exact) mass is 278 g/mol. The van der Waals surface area contributed by atoms with Crippen molar-refractivity contribution in [1.82, 2.24) is 14.5 Å². The van der Waals surface area contributed by atoms with Crippen LogP contribution in [0.2, 0.25) is 0 Å². The van der Waals surface area contributed by atoms with E-state index in [1.807, 2.05) is 13.2 Å². The zero-order valence-corrected chi connectivity index (χ0v) is 11.8. The van der Waals surface area contributed by atoms with Crippen molar-refractivity contribution in [3.63, 3.8) is 0 Å². The third-order valence-electron chi connectivity index (χ3n) is 2.65. The highest BCUT2D eigenvalue weighted by Crippen LogP contribution is 2.21. The van der Waals surface area contributed by atoms with Crippen LogP contribution in [0.1, 0.15) is 13.3 Å². The van der Waals surface area contributed by atoms with Crippen LogP contribution in [-0.4, -0.2) is 48.0 Å². The predicted octanol–water partition coefficient (Wildman–Crippen LogP) is 0.754. The van der Waals surface area contributed by atoms with Crippen LogP contribution in [0.25, 0.3) is 0 Å². The first-order valence-corrected chi connectivity index (χ1v) is 8.00. The molecule has 3 N–H and O–H groups in total. The van der Waals surface area contributed by atoms with Crippen LogP contribution in [0.5, 0.6) is 0 Å². The molecule has 1 heterocycles. The van der Waals surface area contributed by atoms with E-state index in [1.54, 1.807) is 18.8 Å². The fourth-order valence-corrected chi connectivity index (χ4v) is 3.33. The first kappa shape index (κ1) is 14.3. The van der Waals surface area contributed by atoms with Gasteiger partial charge >= 0.3 is 0 Å². The van der Waals surface area contributed by atoms with Crippen LogP contribution in [0, 0.1) is 0 Å². The predicted molar refractivity (Wildman–Crippen MR) is 70.4 cm³/mol.